The van der Waals surface area contributed by atoms with Crippen LogP contribution < -0.4 is 0 Å². The molecule has 15 heavy (non-hydrogen) atoms. The Kier molecular flexibility index (Phi) is 3.45. The van der Waals surface area contributed by atoms with Gasteiger partial charge in [0.05, 0.1) is 16.3 Å². The lowest BCUT2D eigenvalue weighted by molar-refractivity contribution is 0.466. The molecule has 4 nitrogen and oxygen atoms in total. The number of nitrogens with zero attached hydrogens (tertiary/aromatic N) is 1. The lowest BCUT2D eigenvalue weighted by atomic mass is 10.1. The number of phenolic OH excluding ortho intramolecular Hbond substituents is 1. The first-order chi connectivity index (χ1) is 6.91. The van der Waals surface area contributed by atoms with Gasteiger partial charge in [-0.2, -0.15) is 5.26 Å². The number of halogens is 2. The zero-order chi connectivity index (χ0) is 11.6. The van der Waals surface area contributed by atoms with Crippen LogP contribution in [-0.4, -0.2) is 13.5 Å². The van der Waals surface area contributed by atoms with Crippen molar-refractivity contribution in [3.05, 3.63) is 23.3 Å². The summed E-state index contributed by atoms with van der Waals surface area (Å²) in [5.74, 6) is -0.697. The highest BCUT2D eigenvalue weighted by molar-refractivity contribution is 8.13. The summed E-state index contributed by atoms with van der Waals surface area (Å²) in [6, 6.07) is 4.01. The Morgan fingerprint density at radius 1 is 1.47 bits per heavy atom. The lowest BCUT2D eigenvalue weighted by Gasteiger charge is -2.06. The van der Waals surface area contributed by atoms with Crippen LogP contribution in [0.3, 0.4) is 0 Å². The minimum atomic E-state index is -3.97. The van der Waals surface area contributed by atoms with E-state index < -0.39 is 14.8 Å². The normalized spacial score (nSPS) is 11.0. The van der Waals surface area contributed by atoms with E-state index in [1.807, 2.05) is 0 Å². The summed E-state index contributed by atoms with van der Waals surface area (Å²) in [6.45, 7) is 0. The van der Waals surface area contributed by atoms with Gasteiger partial charge in [-0.1, -0.05) is 0 Å². The summed E-state index contributed by atoms with van der Waals surface area (Å²) < 4.78 is 22.2. The number of hydrogen-bond acceptors (Lipinski definition) is 4. The minimum absolute atomic E-state index is 0.0466. The Labute approximate surface area is 96.1 Å². The maximum absolute atomic E-state index is 11.1. The molecule has 0 atom stereocenters. The van der Waals surface area contributed by atoms with Crippen LogP contribution in [0.25, 0.3) is 0 Å². The van der Waals surface area contributed by atoms with Crippen LogP contribution in [0, 0.1) is 11.3 Å². The average molecular weight is 266 g/mol. The molecular formula is C8H5Cl2NO3S. The van der Waals surface area contributed by atoms with Crippen LogP contribution in [0.2, 0.25) is 0 Å². The van der Waals surface area contributed by atoms with Crippen molar-refractivity contribution in [2.24, 2.45) is 0 Å². The van der Waals surface area contributed by atoms with Crippen molar-refractivity contribution < 1.29 is 13.5 Å². The number of nitriles is 1. The summed E-state index contributed by atoms with van der Waals surface area (Å²) in [4.78, 5) is -0.282. The van der Waals surface area contributed by atoms with Gasteiger partial charge in [0.1, 0.15) is 11.8 Å². The van der Waals surface area contributed by atoms with Crippen LogP contribution >= 0.6 is 22.3 Å². The Morgan fingerprint density at radius 2 is 2.07 bits per heavy atom. The van der Waals surface area contributed by atoms with Crippen molar-refractivity contribution in [2.45, 2.75) is 10.8 Å². The van der Waals surface area contributed by atoms with Crippen molar-refractivity contribution in [1.82, 2.24) is 0 Å². The molecule has 0 saturated heterocycles. The second-order valence-corrected chi connectivity index (χ2v) is 5.42. The molecular weight excluding hydrogens is 261 g/mol. The molecule has 0 aliphatic rings. The Morgan fingerprint density at radius 3 is 2.47 bits per heavy atom. The second kappa shape index (κ2) is 4.27. The average Bonchev–Trinajstić information content (AvgIpc) is 2.15. The third-order valence-corrected chi connectivity index (χ3v) is 3.43. The summed E-state index contributed by atoms with van der Waals surface area (Å²) in [6.07, 6.45) is 0. The topological polar surface area (TPSA) is 78.2 Å². The van der Waals surface area contributed by atoms with Crippen molar-refractivity contribution in [3.8, 4) is 11.8 Å². The summed E-state index contributed by atoms with van der Waals surface area (Å²) in [5.41, 5.74) is -0.111. The first-order valence-electron chi connectivity index (χ1n) is 3.67. The van der Waals surface area contributed by atoms with Crippen LogP contribution in [0.15, 0.2) is 17.0 Å². The van der Waals surface area contributed by atoms with E-state index in [0.29, 0.717) is 0 Å². The van der Waals surface area contributed by atoms with Gasteiger partial charge in [0, 0.05) is 16.2 Å². The molecule has 0 saturated carbocycles. The van der Waals surface area contributed by atoms with Crippen LogP contribution in [0.5, 0.6) is 5.75 Å². The third kappa shape index (κ3) is 2.34. The fourth-order valence-electron chi connectivity index (χ4n) is 1.07. The molecule has 0 spiro atoms. The molecule has 7 heteroatoms. The molecule has 0 bridgehead atoms. The van der Waals surface area contributed by atoms with Gasteiger partial charge < -0.3 is 5.11 Å². The molecule has 0 fully saturated rings. The number of rotatable bonds is 2. The lowest BCUT2D eigenvalue weighted by Crippen LogP contribution is -1.98. The SMILES string of the molecule is N#Cc1ccc(S(=O)(=O)Cl)c(CCl)c1O. The largest absolute Gasteiger partial charge is 0.506 e. The molecule has 1 rings (SSSR count). The van der Waals surface area contributed by atoms with Crippen LogP contribution in [0.4, 0.5) is 0 Å². The summed E-state index contributed by atoms with van der Waals surface area (Å²) in [5, 5.41) is 18.1. The van der Waals surface area contributed by atoms with E-state index >= 15 is 0 Å². The van der Waals surface area contributed by atoms with E-state index in [9.17, 15) is 13.5 Å². The van der Waals surface area contributed by atoms with Gasteiger partial charge in [-0.15, -0.1) is 11.6 Å². The molecule has 0 aromatic heterocycles. The Bertz CT molecular complexity index is 534. The van der Waals surface area contributed by atoms with Crippen LogP contribution in [0.1, 0.15) is 11.1 Å². The first-order valence-corrected chi connectivity index (χ1v) is 6.51. The van der Waals surface area contributed by atoms with Gasteiger partial charge in [-0.05, 0) is 12.1 Å². The zero-order valence-corrected chi connectivity index (χ0v) is 9.57. The monoisotopic (exact) mass is 265 g/mol. The quantitative estimate of drug-likeness (QED) is 0.655. The second-order valence-electron chi connectivity index (χ2n) is 2.62. The highest BCUT2D eigenvalue weighted by Crippen LogP contribution is 2.31. The molecule has 1 aromatic carbocycles. The van der Waals surface area contributed by atoms with Crippen LogP contribution in [-0.2, 0) is 14.9 Å². The van der Waals surface area contributed by atoms with Crippen molar-refractivity contribution in [3.63, 3.8) is 0 Å². The van der Waals surface area contributed by atoms with Crippen molar-refractivity contribution >= 4 is 31.3 Å². The number of aromatic hydroxyl groups is 1. The van der Waals surface area contributed by atoms with Crippen molar-refractivity contribution in [1.29, 1.82) is 5.26 Å². The van der Waals surface area contributed by atoms with Crippen molar-refractivity contribution in [2.75, 3.05) is 0 Å². The maximum atomic E-state index is 11.1. The number of benzene rings is 1. The summed E-state index contributed by atoms with van der Waals surface area (Å²) in [7, 11) is 1.15. The zero-order valence-electron chi connectivity index (χ0n) is 7.24. The van der Waals surface area contributed by atoms with Gasteiger partial charge in [0.15, 0.2) is 0 Å². The fraction of sp³-hybridized carbons (Fsp3) is 0.125. The molecule has 0 aliphatic heterocycles. The number of hydrogen-bond donors (Lipinski definition) is 1. The van der Waals surface area contributed by atoms with E-state index in [4.69, 9.17) is 27.5 Å². The van der Waals surface area contributed by atoms with E-state index in [1.165, 1.54) is 6.07 Å². The fourth-order valence-corrected chi connectivity index (χ4v) is 2.54. The molecule has 80 valence electrons. The van der Waals surface area contributed by atoms with Gasteiger partial charge in [-0.25, -0.2) is 8.42 Å². The van der Waals surface area contributed by atoms with E-state index in [-0.39, 0.29) is 21.9 Å². The molecule has 0 unspecified atom stereocenters. The first kappa shape index (κ1) is 12.1. The molecule has 0 aliphatic carbocycles. The molecule has 0 amide bonds. The smallest absolute Gasteiger partial charge is 0.261 e. The molecule has 0 radical (unpaired) electrons. The molecule has 0 heterocycles. The number of phenols is 1. The predicted octanol–water partition coefficient (Wildman–Crippen LogP) is 1.93. The van der Waals surface area contributed by atoms with E-state index in [2.05, 4.69) is 0 Å². The third-order valence-electron chi connectivity index (χ3n) is 1.76. The van der Waals surface area contributed by atoms with Gasteiger partial charge >= 0.3 is 0 Å². The standard InChI is InChI=1S/C8H5Cl2NO3S/c9-3-6-7(15(10,13)14)2-1-5(4-11)8(6)12/h1-2,12H,3H2. The molecule has 1 N–H and O–H groups in total. The van der Waals surface area contributed by atoms with Gasteiger partial charge in [0.25, 0.3) is 9.05 Å². The number of alkyl halides is 1. The minimum Gasteiger partial charge on any atom is -0.506 e. The highest BCUT2D eigenvalue weighted by atomic mass is 35.7. The predicted molar refractivity (Wildman–Crippen MR) is 55.4 cm³/mol. The Balaban J connectivity index is 3.61. The molecule has 1 aromatic rings. The Hall–Kier alpha value is -0.960. The maximum Gasteiger partial charge on any atom is 0.261 e. The van der Waals surface area contributed by atoms with E-state index in [1.54, 1.807) is 6.07 Å². The van der Waals surface area contributed by atoms with E-state index in [0.717, 1.165) is 6.07 Å². The van der Waals surface area contributed by atoms with Gasteiger partial charge in [-0.3, -0.25) is 0 Å². The summed E-state index contributed by atoms with van der Waals surface area (Å²) >= 11 is 5.48. The highest BCUT2D eigenvalue weighted by Gasteiger charge is 2.20. The van der Waals surface area contributed by atoms with Gasteiger partial charge in [0.2, 0.25) is 0 Å².